The number of para-hydroxylation sites is 2. The highest BCUT2D eigenvalue weighted by Gasteiger charge is 2.02. The molecule has 0 saturated carbocycles. The molecule has 3 rings (SSSR count). The first-order valence-electron chi connectivity index (χ1n) is 7.89. The monoisotopic (exact) mass is 356 g/mol. The van der Waals surface area contributed by atoms with Gasteiger partial charge in [-0.3, -0.25) is 0 Å². The normalized spacial score (nSPS) is 9.80. The van der Waals surface area contributed by atoms with Crippen molar-refractivity contribution in [1.29, 1.82) is 0 Å². The van der Waals surface area contributed by atoms with Crippen molar-refractivity contribution in [1.82, 2.24) is 9.97 Å². The SMILES string of the molecule is Cc1cc(Nc2ccccc2)nc(NCCOc2ccccc2)n1.Cl. The summed E-state index contributed by atoms with van der Waals surface area (Å²) in [6, 6.07) is 21.6. The number of halogens is 1. The molecule has 1 aromatic heterocycles. The predicted octanol–water partition coefficient (Wildman–Crippen LogP) is 4.44. The highest BCUT2D eigenvalue weighted by atomic mass is 35.5. The molecular formula is C19H21ClN4O. The minimum absolute atomic E-state index is 0. The minimum Gasteiger partial charge on any atom is -0.492 e. The standard InChI is InChI=1S/C19H20N4O.ClH/c1-15-14-18(22-16-8-4-2-5-9-16)23-19(21-15)20-12-13-24-17-10-6-3-7-11-17;/h2-11,14H,12-13H2,1H3,(H2,20,21,22,23);1H. The van der Waals surface area contributed by atoms with Crippen molar-refractivity contribution in [2.75, 3.05) is 23.8 Å². The number of benzene rings is 2. The second-order valence-electron chi connectivity index (χ2n) is 5.30. The molecule has 0 aliphatic rings. The van der Waals surface area contributed by atoms with Gasteiger partial charge in [0.15, 0.2) is 0 Å². The van der Waals surface area contributed by atoms with E-state index >= 15 is 0 Å². The molecule has 0 atom stereocenters. The van der Waals surface area contributed by atoms with Gasteiger partial charge in [-0.1, -0.05) is 36.4 Å². The smallest absolute Gasteiger partial charge is 0.224 e. The average molecular weight is 357 g/mol. The van der Waals surface area contributed by atoms with Crippen molar-refractivity contribution in [2.24, 2.45) is 0 Å². The molecule has 0 saturated heterocycles. The van der Waals surface area contributed by atoms with E-state index in [9.17, 15) is 0 Å². The van der Waals surface area contributed by atoms with Crippen LogP contribution >= 0.6 is 12.4 Å². The Morgan fingerprint density at radius 2 is 1.60 bits per heavy atom. The molecule has 0 aliphatic heterocycles. The van der Waals surface area contributed by atoms with E-state index in [1.807, 2.05) is 73.7 Å². The Morgan fingerprint density at radius 3 is 2.32 bits per heavy atom. The number of nitrogens with one attached hydrogen (secondary N) is 2. The highest BCUT2D eigenvalue weighted by molar-refractivity contribution is 5.85. The lowest BCUT2D eigenvalue weighted by atomic mass is 10.3. The molecule has 0 spiro atoms. The number of rotatable bonds is 7. The summed E-state index contributed by atoms with van der Waals surface area (Å²) >= 11 is 0. The zero-order valence-electron chi connectivity index (χ0n) is 14.0. The number of hydrogen-bond acceptors (Lipinski definition) is 5. The molecule has 2 aromatic carbocycles. The fourth-order valence-corrected chi connectivity index (χ4v) is 2.23. The first kappa shape index (κ1) is 18.5. The maximum absolute atomic E-state index is 5.65. The molecule has 1 heterocycles. The van der Waals surface area contributed by atoms with Gasteiger partial charge in [-0.05, 0) is 31.2 Å². The minimum atomic E-state index is 0. The van der Waals surface area contributed by atoms with E-state index in [0.717, 1.165) is 22.9 Å². The Labute approximate surface area is 153 Å². The summed E-state index contributed by atoms with van der Waals surface area (Å²) in [5.41, 5.74) is 1.89. The summed E-state index contributed by atoms with van der Waals surface area (Å²) in [5, 5.41) is 6.47. The summed E-state index contributed by atoms with van der Waals surface area (Å²) < 4.78 is 5.65. The molecular weight excluding hydrogens is 336 g/mol. The molecule has 130 valence electrons. The Balaban J connectivity index is 0.00000225. The van der Waals surface area contributed by atoms with Crippen molar-refractivity contribution >= 4 is 29.9 Å². The van der Waals surface area contributed by atoms with E-state index in [2.05, 4.69) is 20.6 Å². The molecule has 0 bridgehead atoms. The van der Waals surface area contributed by atoms with Crippen molar-refractivity contribution in [2.45, 2.75) is 6.92 Å². The van der Waals surface area contributed by atoms with Crippen LogP contribution in [0.4, 0.5) is 17.5 Å². The lowest BCUT2D eigenvalue weighted by molar-refractivity contribution is 0.332. The molecule has 0 unspecified atom stereocenters. The fraction of sp³-hybridized carbons (Fsp3) is 0.158. The van der Waals surface area contributed by atoms with Gasteiger partial charge in [-0.25, -0.2) is 4.98 Å². The maximum Gasteiger partial charge on any atom is 0.224 e. The van der Waals surface area contributed by atoms with E-state index in [4.69, 9.17) is 4.74 Å². The van der Waals surface area contributed by atoms with Gasteiger partial charge in [0.1, 0.15) is 18.2 Å². The third kappa shape index (κ3) is 5.97. The number of aryl methyl sites for hydroxylation is 1. The van der Waals surface area contributed by atoms with Crippen LogP contribution in [0.3, 0.4) is 0 Å². The molecule has 0 amide bonds. The van der Waals surface area contributed by atoms with Crippen molar-refractivity contribution in [3.8, 4) is 5.75 Å². The first-order chi connectivity index (χ1) is 11.8. The first-order valence-corrected chi connectivity index (χ1v) is 7.89. The van der Waals surface area contributed by atoms with Gasteiger partial charge in [0.2, 0.25) is 5.95 Å². The quantitative estimate of drug-likeness (QED) is 0.613. The Bertz CT molecular complexity index is 769. The lowest BCUT2D eigenvalue weighted by Gasteiger charge is -2.10. The third-order valence-corrected chi connectivity index (χ3v) is 3.30. The second kappa shape index (κ2) is 9.49. The Morgan fingerprint density at radius 1 is 0.920 bits per heavy atom. The average Bonchev–Trinajstić information content (AvgIpc) is 2.60. The fourth-order valence-electron chi connectivity index (χ4n) is 2.23. The van der Waals surface area contributed by atoms with Crippen LogP contribution in [0.2, 0.25) is 0 Å². The predicted molar refractivity (Wildman–Crippen MR) is 104 cm³/mol. The van der Waals surface area contributed by atoms with Gasteiger partial charge in [-0.15, -0.1) is 12.4 Å². The van der Waals surface area contributed by atoms with Crippen LogP contribution in [0.1, 0.15) is 5.69 Å². The van der Waals surface area contributed by atoms with Gasteiger partial charge in [0.25, 0.3) is 0 Å². The van der Waals surface area contributed by atoms with Crippen LogP contribution in [-0.2, 0) is 0 Å². The van der Waals surface area contributed by atoms with Crippen molar-refractivity contribution in [3.05, 3.63) is 72.4 Å². The van der Waals surface area contributed by atoms with Crippen LogP contribution in [0.5, 0.6) is 5.75 Å². The van der Waals surface area contributed by atoms with Gasteiger partial charge >= 0.3 is 0 Å². The largest absolute Gasteiger partial charge is 0.492 e. The van der Waals surface area contributed by atoms with Gasteiger partial charge in [0, 0.05) is 17.4 Å². The summed E-state index contributed by atoms with van der Waals surface area (Å²) in [7, 11) is 0. The zero-order chi connectivity index (χ0) is 16.6. The van der Waals surface area contributed by atoms with Crippen molar-refractivity contribution in [3.63, 3.8) is 0 Å². The molecule has 0 radical (unpaired) electrons. The Hall–Kier alpha value is -2.79. The van der Waals surface area contributed by atoms with Crippen LogP contribution < -0.4 is 15.4 Å². The van der Waals surface area contributed by atoms with E-state index in [-0.39, 0.29) is 12.4 Å². The van der Waals surface area contributed by atoms with E-state index in [1.165, 1.54) is 0 Å². The van der Waals surface area contributed by atoms with E-state index in [0.29, 0.717) is 19.1 Å². The molecule has 25 heavy (non-hydrogen) atoms. The Kier molecular flexibility index (Phi) is 7.04. The highest BCUT2D eigenvalue weighted by Crippen LogP contribution is 2.16. The van der Waals surface area contributed by atoms with E-state index < -0.39 is 0 Å². The number of ether oxygens (including phenoxy) is 1. The summed E-state index contributed by atoms with van der Waals surface area (Å²) in [6.07, 6.45) is 0. The molecule has 5 nitrogen and oxygen atoms in total. The molecule has 0 fully saturated rings. The molecule has 6 heteroatoms. The topological polar surface area (TPSA) is 59.1 Å². The lowest BCUT2D eigenvalue weighted by Crippen LogP contribution is -2.14. The van der Waals surface area contributed by atoms with Gasteiger partial charge < -0.3 is 15.4 Å². The van der Waals surface area contributed by atoms with Crippen molar-refractivity contribution < 1.29 is 4.74 Å². The summed E-state index contributed by atoms with van der Waals surface area (Å²) in [4.78, 5) is 8.89. The number of nitrogens with zero attached hydrogens (tertiary/aromatic N) is 2. The zero-order valence-corrected chi connectivity index (χ0v) is 14.8. The number of hydrogen-bond donors (Lipinski definition) is 2. The molecule has 3 aromatic rings. The summed E-state index contributed by atoms with van der Waals surface area (Å²) in [5.74, 6) is 2.21. The second-order valence-corrected chi connectivity index (χ2v) is 5.30. The van der Waals surface area contributed by atoms with Crippen LogP contribution in [-0.4, -0.2) is 23.1 Å². The van der Waals surface area contributed by atoms with Crippen LogP contribution in [0, 0.1) is 6.92 Å². The number of aromatic nitrogens is 2. The molecule has 0 aliphatic carbocycles. The number of anilines is 3. The van der Waals surface area contributed by atoms with E-state index in [1.54, 1.807) is 0 Å². The van der Waals surface area contributed by atoms with Gasteiger partial charge in [-0.2, -0.15) is 4.98 Å². The van der Waals surface area contributed by atoms with Crippen LogP contribution in [0.25, 0.3) is 0 Å². The summed E-state index contributed by atoms with van der Waals surface area (Å²) in [6.45, 7) is 3.12. The third-order valence-electron chi connectivity index (χ3n) is 3.30. The van der Waals surface area contributed by atoms with Gasteiger partial charge in [0.05, 0.1) is 6.54 Å². The maximum atomic E-state index is 5.65. The van der Waals surface area contributed by atoms with Crippen LogP contribution in [0.15, 0.2) is 66.7 Å². The molecule has 2 N–H and O–H groups in total.